The third-order valence-electron chi connectivity index (χ3n) is 3.79. The second-order valence-corrected chi connectivity index (χ2v) is 5.92. The van der Waals surface area contributed by atoms with Crippen LogP contribution >= 0.6 is 11.6 Å². The van der Waals surface area contributed by atoms with Crippen molar-refractivity contribution in [2.45, 2.75) is 6.54 Å². The van der Waals surface area contributed by atoms with Crippen LogP contribution in [0.4, 0.5) is 0 Å². The average molecular weight is 380 g/mol. The summed E-state index contributed by atoms with van der Waals surface area (Å²) < 4.78 is 21.6. The van der Waals surface area contributed by atoms with Gasteiger partial charge >= 0.3 is 0 Å². The predicted octanol–water partition coefficient (Wildman–Crippen LogP) is 3.40. The molecule has 0 saturated carbocycles. The van der Waals surface area contributed by atoms with Crippen LogP contribution in [-0.2, 0) is 11.3 Å². The summed E-state index contributed by atoms with van der Waals surface area (Å²) in [5.41, 5.74) is 0.799. The molecule has 0 aliphatic carbocycles. The van der Waals surface area contributed by atoms with Crippen LogP contribution in [-0.4, -0.2) is 45.8 Å². The molecule has 0 aliphatic heterocycles. The first-order valence-electron chi connectivity index (χ1n) is 7.90. The van der Waals surface area contributed by atoms with Gasteiger partial charge in [-0.3, -0.25) is 4.79 Å². The Morgan fingerprint density at radius 3 is 2.19 bits per heavy atom. The highest BCUT2D eigenvalue weighted by molar-refractivity contribution is 6.30. The SMILES string of the molecule is COc1ccc(CN(C)C(=O)COc2ccc(Cl)cc2)c(OC)c1OC. The molecule has 0 saturated heterocycles. The Hall–Kier alpha value is -2.60. The maximum Gasteiger partial charge on any atom is 0.260 e. The van der Waals surface area contributed by atoms with Crippen LogP contribution in [0.3, 0.4) is 0 Å². The molecule has 0 fully saturated rings. The highest BCUT2D eigenvalue weighted by atomic mass is 35.5. The summed E-state index contributed by atoms with van der Waals surface area (Å²) in [6, 6.07) is 10.5. The minimum atomic E-state index is -0.170. The average Bonchev–Trinajstić information content (AvgIpc) is 2.66. The number of ether oxygens (including phenoxy) is 4. The zero-order chi connectivity index (χ0) is 19.1. The highest BCUT2D eigenvalue weighted by Gasteiger charge is 2.18. The summed E-state index contributed by atoms with van der Waals surface area (Å²) in [5.74, 6) is 2.00. The number of hydrogen-bond acceptors (Lipinski definition) is 5. The van der Waals surface area contributed by atoms with Crippen LogP contribution in [0.25, 0.3) is 0 Å². The summed E-state index contributed by atoms with van der Waals surface area (Å²) in [5, 5.41) is 0.612. The molecule has 6 nitrogen and oxygen atoms in total. The van der Waals surface area contributed by atoms with E-state index in [1.807, 2.05) is 6.07 Å². The topological polar surface area (TPSA) is 57.2 Å². The van der Waals surface area contributed by atoms with E-state index in [1.165, 1.54) is 0 Å². The van der Waals surface area contributed by atoms with Gasteiger partial charge in [0.2, 0.25) is 5.75 Å². The molecular formula is C19H22ClNO5. The number of benzene rings is 2. The van der Waals surface area contributed by atoms with Crippen molar-refractivity contribution in [3.63, 3.8) is 0 Å². The summed E-state index contributed by atoms with van der Waals surface area (Å²) in [4.78, 5) is 13.9. The number of carbonyl (C=O) groups excluding carboxylic acids is 1. The van der Waals surface area contributed by atoms with E-state index >= 15 is 0 Å². The van der Waals surface area contributed by atoms with Crippen LogP contribution < -0.4 is 18.9 Å². The first-order chi connectivity index (χ1) is 12.5. The maximum atomic E-state index is 12.3. The fourth-order valence-corrected chi connectivity index (χ4v) is 2.54. The Bertz CT molecular complexity index is 748. The van der Waals surface area contributed by atoms with Crippen molar-refractivity contribution in [2.24, 2.45) is 0 Å². The van der Waals surface area contributed by atoms with E-state index in [-0.39, 0.29) is 12.5 Å². The van der Waals surface area contributed by atoms with Gasteiger partial charge in [-0.25, -0.2) is 0 Å². The molecule has 26 heavy (non-hydrogen) atoms. The first kappa shape index (κ1) is 19.7. The van der Waals surface area contributed by atoms with Crippen LogP contribution in [0, 0.1) is 0 Å². The van der Waals surface area contributed by atoms with Crippen molar-refractivity contribution in [2.75, 3.05) is 35.0 Å². The number of amides is 1. The third-order valence-corrected chi connectivity index (χ3v) is 4.05. The van der Waals surface area contributed by atoms with Crippen molar-refractivity contribution in [3.8, 4) is 23.0 Å². The minimum Gasteiger partial charge on any atom is -0.493 e. The lowest BCUT2D eigenvalue weighted by molar-refractivity contribution is -0.132. The summed E-state index contributed by atoms with van der Waals surface area (Å²) in [6.45, 7) is 0.264. The third kappa shape index (κ3) is 4.73. The molecule has 0 spiro atoms. The van der Waals surface area contributed by atoms with Gasteiger partial charge in [0.15, 0.2) is 18.1 Å². The summed E-state index contributed by atoms with van der Waals surface area (Å²) in [7, 11) is 6.34. The molecule has 1 amide bonds. The monoisotopic (exact) mass is 379 g/mol. The number of rotatable bonds is 8. The van der Waals surface area contributed by atoms with Crippen LogP contribution in [0.1, 0.15) is 5.56 Å². The molecule has 0 N–H and O–H groups in total. The molecule has 2 aromatic carbocycles. The fourth-order valence-electron chi connectivity index (χ4n) is 2.42. The number of methoxy groups -OCH3 is 3. The molecule has 0 aliphatic rings. The van der Waals surface area contributed by atoms with Crippen molar-refractivity contribution >= 4 is 17.5 Å². The maximum absolute atomic E-state index is 12.3. The first-order valence-corrected chi connectivity index (χ1v) is 8.28. The summed E-state index contributed by atoms with van der Waals surface area (Å²) >= 11 is 5.83. The molecule has 0 heterocycles. The largest absolute Gasteiger partial charge is 0.493 e. The Balaban J connectivity index is 2.05. The van der Waals surface area contributed by atoms with Crippen molar-refractivity contribution in [3.05, 3.63) is 47.0 Å². The Morgan fingerprint density at radius 1 is 0.962 bits per heavy atom. The number of hydrogen-bond donors (Lipinski definition) is 0. The van der Waals surface area contributed by atoms with Gasteiger partial charge in [0.05, 0.1) is 21.3 Å². The molecule has 0 atom stereocenters. The van der Waals surface area contributed by atoms with E-state index in [9.17, 15) is 4.79 Å². The molecule has 2 rings (SSSR count). The van der Waals surface area contributed by atoms with Crippen molar-refractivity contribution < 1.29 is 23.7 Å². The lowest BCUT2D eigenvalue weighted by Gasteiger charge is -2.21. The molecular weight excluding hydrogens is 358 g/mol. The van der Waals surface area contributed by atoms with E-state index in [4.69, 9.17) is 30.5 Å². The Morgan fingerprint density at radius 2 is 1.62 bits per heavy atom. The van der Waals surface area contributed by atoms with Gasteiger partial charge in [-0.05, 0) is 36.4 Å². The Labute approximate surface area is 158 Å². The van der Waals surface area contributed by atoms with E-state index in [0.717, 1.165) is 5.56 Å². The van der Waals surface area contributed by atoms with Gasteiger partial charge < -0.3 is 23.8 Å². The highest BCUT2D eigenvalue weighted by Crippen LogP contribution is 2.40. The fraction of sp³-hybridized carbons (Fsp3) is 0.316. The molecule has 2 aromatic rings. The lowest BCUT2D eigenvalue weighted by atomic mass is 10.1. The van der Waals surface area contributed by atoms with Gasteiger partial charge in [0.25, 0.3) is 5.91 Å². The van der Waals surface area contributed by atoms with E-state index in [1.54, 1.807) is 63.6 Å². The van der Waals surface area contributed by atoms with E-state index in [2.05, 4.69) is 0 Å². The quantitative estimate of drug-likeness (QED) is 0.703. The Kier molecular flexibility index (Phi) is 6.97. The van der Waals surface area contributed by atoms with Gasteiger partial charge in [-0.2, -0.15) is 0 Å². The zero-order valence-corrected chi connectivity index (χ0v) is 16.0. The second-order valence-electron chi connectivity index (χ2n) is 5.49. The number of likely N-dealkylation sites (N-methyl/N-ethyl adjacent to an activating group) is 1. The van der Waals surface area contributed by atoms with Crippen LogP contribution in [0.5, 0.6) is 23.0 Å². The number of halogens is 1. The number of nitrogens with zero attached hydrogens (tertiary/aromatic N) is 1. The van der Waals surface area contributed by atoms with E-state index in [0.29, 0.717) is 34.6 Å². The van der Waals surface area contributed by atoms with Crippen molar-refractivity contribution in [1.29, 1.82) is 0 Å². The number of carbonyl (C=O) groups is 1. The molecule has 0 radical (unpaired) electrons. The molecule has 0 bridgehead atoms. The molecule has 140 valence electrons. The molecule has 7 heteroatoms. The normalized spacial score (nSPS) is 10.2. The minimum absolute atomic E-state index is 0.0757. The summed E-state index contributed by atoms with van der Waals surface area (Å²) in [6.07, 6.45) is 0. The standard InChI is InChI=1S/C19H22ClNO5/c1-21(17(22)12-26-15-8-6-14(20)7-9-15)11-13-5-10-16(23-2)19(25-4)18(13)24-3/h5-10H,11-12H2,1-4H3. The van der Waals surface area contributed by atoms with Crippen LogP contribution in [0.15, 0.2) is 36.4 Å². The van der Waals surface area contributed by atoms with E-state index < -0.39 is 0 Å². The molecule has 0 aromatic heterocycles. The van der Waals surface area contributed by atoms with Crippen molar-refractivity contribution in [1.82, 2.24) is 4.90 Å². The van der Waals surface area contributed by atoms with Gasteiger partial charge in [0.1, 0.15) is 5.75 Å². The smallest absolute Gasteiger partial charge is 0.260 e. The van der Waals surface area contributed by atoms with Gasteiger partial charge in [-0.1, -0.05) is 11.6 Å². The van der Waals surface area contributed by atoms with Gasteiger partial charge in [-0.15, -0.1) is 0 Å². The molecule has 0 unspecified atom stereocenters. The second kappa shape index (κ2) is 9.20. The predicted molar refractivity (Wildman–Crippen MR) is 99.5 cm³/mol. The lowest BCUT2D eigenvalue weighted by Crippen LogP contribution is -2.31. The van der Waals surface area contributed by atoms with Crippen LogP contribution in [0.2, 0.25) is 5.02 Å². The van der Waals surface area contributed by atoms with Gasteiger partial charge in [0, 0.05) is 24.2 Å². The zero-order valence-electron chi connectivity index (χ0n) is 15.2.